The molecule has 1 heterocycles. The van der Waals surface area contributed by atoms with Gasteiger partial charge in [0.15, 0.2) is 5.76 Å². The number of Topliss-reactive ketones (excluding diaryl/α,β-unsaturated/α-hetero) is 1. The van der Waals surface area contributed by atoms with E-state index < -0.39 is 39.7 Å². The first-order valence-electron chi connectivity index (χ1n) is 18.6. The van der Waals surface area contributed by atoms with Crippen LogP contribution in [-0.4, -0.2) is 52.7 Å². The average molecular weight is 734 g/mol. The number of aliphatic hydroxyl groups is 2. The average Bonchev–Trinajstić information content (AvgIpc) is 3.70. The monoisotopic (exact) mass is 733 g/mol. The highest BCUT2D eigenvalue weighted by Crippen LogP contribution is 2.78. The maximum absolute atomic E-state index is 15.0. The number of alkyl halides is 3. The van der Waals surface area contributed by atoms with Crippen molar-refractivity contribution in [1.82, 2.24) is 4.90 Å². The van der Waals surface area contributed by atoms with E-state index in [2.05, 4.69) is 56.2 Å². The van der Waals surface area contributed by atoms with Gasteiger partial charge in [-0.1, -0.05) is 74.0 Å². The molecule has 9 rings (SSSR count). The maximum Gasteiger partial charge on any atom is 0.416 e. The summed E-state index contributed by atoms with van der Waals surface area (Å²) in [6.45, 7) is 5.89. The molecule has 5 nitrogen and oxygen atoms in total. The maximum atomic E-state index is 15.0. The first kappa shape index (κ1) is 35.8. The van der Waals surface area contributed by atoms with E-state index in [-0.39, 0.29) is 45.1 Å². The number of aliphatic hydroxyl groups excluding tert-OH is 1. The number of fused-ring (bicyclic) bond motifs is 1. The number of allylic oxidation sites excluding steroid dienone is 4. The first-order chi connectivity index (χ1) is 24.6. The number of rotatable bonds is 8. The van der Waals surface area contributed by atoms with Crippen molar-refractivity contribution in [2.45, 2.75) is 83.1 Å². The largest absolute Gasteiger partial charge is 0.453 e. The Morgan fingerprint density at radius 1 is 0.962 bits per heavy atom. The smallest absolute Gasteiger partial charge is 0.416 e. The highest BCUT2D eigenvalue weighted by Gasteiger charge is 2.74. The predicted molar refractivity (Wildman–Crippen MR) is 195 cm³/mol. The number of ketones is 1. The van der Waals surface area contributed by atoms with Crippen molar-refractivity contribution in [3.05, 3.63) is 106 Å². The first-order valence-corrected chi connectivity index (χ1v) is 19.0. The van der Waals surface area contributed by atoms with E-state index in [1.54, 1.807) is 0 Å². The molecule has 2 bridgehead atoms. The molecule has 0 amide bonds. The fourth-order valence-corrected chi connectivity index (χ4v) is 11.9. The van der Waals surface area contributed by atoms with Gasteiger partial charge in [-0.15, -0.1) is 0 Å². The van der Waals surface area contributed by atoms with Gasteiger partial charge in [-0.3, -0.25) is 4.79 Å². The van der Waals surface area contributed by atoms with E-state index in [1.807, 2.05) is 18.2 Å². The molecule has 0 aliphatic heterocycles. The van der Waals surface area contributed by atoms with Crippen molar-refractivity contribution in [3.63, 3.8) is 0 Å². The lowest BCUT2D eigenvalue weighted by Crippen LogP contribution is -2.67. The predicted octanol–water partition coefficient (Wildman–Crippen LogP) is 9.57. The number of carbonyl (C=O) groups excluding carboxylic acids is 1. The van der Waals surface area contributed by atoms with Crippen LogP contribution in [0.1, 0.15) is 80.5 Å². The number of halogens is 4. The van der Waals surface area contributed by atoms with Gasteiger partial charge in [0.05, 0.1) is 22.3 Å². The Labute approximate surface area is 308 Å². The van der Waals surface area contributed by atoms with Gasteiger partial charge in [-0.2, -0.15) is 13.2 Å². The number of hydrogen-bond donors (Lipinski definition) is 2. The van der Waals surface area contributed by atoms with Crippen LogP contribution in [0.15, 0.2) is 88.9 Å². The fourth-order valence-electron chi connectivity index (χ4n) is 11.7. The quantitative estimate of drug-likeness (QED) is 0.178. The number of nitrogens with zero attached hydrogens (tertiary/aromatic N) is 1. The van der Waals surface area contributed by atoms with Crippen LogP contribution < -0.4 is 0 Å². The highest BCUT2D eigenvalue weighted by atomic mass is 35.5. The molecule has 3 saturated carbocycles. The van der Waals surface area contributed by atoms with Crippen molar-refractivity contribution in [3.8, 4) is 11.3 Å². The van der Waals surface area contributed by atoms with E-state index in [9.17, 15) is 28.2 Å². The molecule has 0 radical (unpaired) electrons. The lowest BCUT2D eigenvalue weighted by atomic mass is 9.32. The van der Waals surface area contributed by atoms with Crippen LogP contribution >= 0.6 is 11.6 Å². The summed E-state index contributed by atoms with van der Waals surface area (Å²) in [5.41, 5.74) is -1.78. The molecule has 52 heavy (non-hydrogen) atoms. The Hall–Kier alpha value is -3.17. The molecule has 3 fully saturated rings. The Kier molecular flexibility index (Phi) is 8.39. The molecular weight excluding hydrogens is 687 g/mol. The molecule has 6 aliphatic rings. The summed E-state index contributed by atoms with van der Waals surface area (Å²) in [7, 11) is 2.07. The normalized spacial score (nSPS) is 36.3. The van der Waals surface area contributed by atoms with Crippen LogP contribution in [0, 0.1) is 33.5 Å². The summed E-state index contributed by atoms with van der Waals surface area (Å²) in [6.07, 6.45) is 7.52. The second-order valence-corrected chi connectivity index (χ2v) is 17.4. The molecule has 1 unspecified atom stereocenters. The number of carbonyl (C=O) groups is 1. The van der Waals surface area contributed by atoms with Crippen LogP contribution in [0.3, 0.4) is 0 Å². The number of furan rings is 1. The summed E-state index contributed by atoms with van der Waals surface area (Å²) < 4.78 is 47.0. The summed E-state index contributed by atoms with van der Waals surface area (Å²) >= 11 is 6.37. The van der Waals surface area contributed by atoms with Crippen molar-refractivity contribution >= 4 is 17.4 Å². The fraction of sp³-hybridized carbons (Fsp3) is 0.512. The third-order valence-electron chi connectivity index (χ3n) is 14.5. The Morgan fingerprint density at radius 2 is 1.67 bits per heavy atom. The number of likely N-dealkylation sites (N-methyl/N-ethyl adjacent to an activating group) is 1. The van der Waals surface area contributed by atoms with Crippen LogP contribution in [0.2, 0.25) is 5.02 Å². The standard InChI is InChI=1S/C43H47ClF3NO4/c1-38-17-13-29(49)24-40(38)20-21-42(31(25-40)37(50)34-12-11-33(52-34)30-23-28(43(45,46)47)9-10-32(30)44)35(38)14-18-39(2)36(42)15-19-41(39,51)26-48(3)22-16-27-7-5-4-6-8-27/h4-12,20-21,23,25,29,35-36,49,51H,13-19,22,24,26H2,1-3H3/t29?,35-,36-,38-,39+,40+,41-,42-/m1/s1. The molecule has 1 aromatic heterocycles. The van der Waals surface area contributed by atoms with Gasteiger partial charge in [0.2, 0.25) is 5.78 Å². The molecule has 9 heteroatoms. The molecule has 2 N–H and O–H groups in total. The number of hydrogen-bond acceptors (Lipinski definition) is 5. The highest BCUT2D eigenvalue weighted by molar-refractivity contribution is 6.33. The third-order valence-corrected chi connectivity index (χ3v) is 14.8. The zero-order valence-electron chi connectivity index (χ0n) is 30.0. The summed E-state index contributed by atoms with van der Waals surface area (Å²) in [4.78, 5) is 17.2. The molecule has 3 aromatic rings. The van der Waals surface area contributed by atoms with Gasteiger partial charge >= 0.3 is 6.18 Å². The Bertz CT molecular complexity index is 1960. The summed E-state index contributed by atoms with van der Waals surface area (Å²) in [6, 6.07) is 16.5. The second kappa shape index (κ2) is 12.2. The van der Waals surface area contributed by atoms with Crippen LogP contribution in [0.25, 0.3) is 11.3 Å². The van der Waals surface area contributed by atoms with Gasteiger partial charge in [0.1, 0.15) is 5.76 Å². The van der Waals surface area contributed by atoms with Crippen molar-refractivity contribution in [1.29, 1.82) is 0 Å². The van der Waals surface area contributed by atoms with E-state index in [0.29, 0.717) is 31.4 Å². The van der Waals surface area contributed by atoms with Gasteiger partial charge in [-0.05, 0) is 112 Å². The molecule has 8 atom stereocenters. The number of benzene rings is 2. The summed E-state index contributed by atoms with van der Waals surface area (Å²) in [5.74, 6) is -0.106. The van der Waals surface area contributed by atoms with Gasteiger partial charge in [0, 0.05) is 40.5 Å². The van der Waals surface area contributed by atoms with Crippen LogP contribution in [0.5, 0.6) is 0 Å². The van der Waals surface area contributed by atoms with Gasteiger partial charge < -0.3 is 19.5 Å². The Balaban J connectivity index is 1.17. The minimum atomic E-state index is -4.57. The molecule has 2 aromatic carbocycles. The van der Waals surface area contributed by atoms with Crippen LogP contribution in [-0.2, 0) is 12.6 Å². The minimum absolute atomic E-state index is 0.0351. The van der Waals surface area contributed by atoms with Crippen molar-refractivity contribution in [2.24, 2.45) is 33.5 Å². The van der Waals surface area contributed by atoms with E-state index in [1.165, 1.54) is 23.8 Å². The molecule has 2 spiro atoms. The van der Waals surface area contributed by atoms with Gasteiger partial charge in [0.25, 0.3) is 0 Å². The van der Waals surface area contributed by atoms with E-state index >= 15 is 0 Å². The summed E-state index contributed by atoms with van der Waals surface area (Å²) in [5, 5.41) is 23.8. The van der Waals surface area contributed by atoms with Crippen LogP contribution in [0.4, 0.5) is 13.2 Å². The SMILES string of the molecule is CN(CCc1ccccc1)C[C@]1(O)CC[C@H]2[C@]34C=C[C@@]5(C=C3C(=O)c3ccc(-c6cc(C(F)(F)F)ccc6Cl)o3)CC(O)CC[C@]5(C)[C@H]4CC[C@@]21C. The lowest BCUT2D eigenvalue weighted by Gasteiger charge is -2.71. The second-order valence-electron chi connectivity index (χ2n) is 17.0. The molecule has 276 valence electrons. The van der Waals surface area contributed by atoms with Gasteiger partial charge in [-0.25, -0.2) is 0 Å². The molecular formula is C43H47ClF3NO4. The van der Waals surface area contributed by atoms with Crippen molar-refractivity contribution in [2.75, 3.05) is 20.1 Å². The Morgan fingerprint density at radius 3 is 2.42 bits per heavy atom. The molecule has 6 aliphatic carbocycles. The van der Waals surface area contributed by atoms with E-state index in [4.69, 9.17) is 16.0 Å². The topological polar surface area (TPSA) is 73.9 Å². The molecule has 0 saturated heterocycles. The lowest BCUT2D eigenvalue weighted by molar-refractivity contribution is -0.175. The van der Waals surface area contributed by atoms with E-state index in [0.717, 1.165) is 50.8 Å². The minimum Gasteiger partial charge on any atom is -0.453 e. The zero-order valence-corrected chi connectivity index (χ0v) is 30.7. The third kappa shape index (κ3) is 5.18. The van der Waals surface area contributed by atoms with Crippen molar-refractivity contribution < 1.29 is 32.6 Å². The zero-order chi connectivity index (χ0) is 36.9.